The zero-order chi connectivity index (χ0) is 6.85. The van der Waals surface area contributed by atoms with E-state index in [0.29, 0.717) is 6.42 Å². The molecule has 1 unspecified atom stereocenters. The molecule has 0 aromatic heterocycles. The Labute approximate surface area is 53.6 Å². The smallest absolute Gasteiger partial charge is 0.255 e. The molecule has 0 fully saturated rings. The molecular formula is C6H9NO2. The minimum atomic E-state index is -0.819. The van der Waals surface area contributed by atoms with Crippen LogP contribution >= 0.6 is 0 Å². The van der Waals surface area contributed by atoms with Gasteiger partial charge in [-0.15, -0.1) is 0 Å². The maximum Gasteiger partial charge on any atom is 0.255 e. The van der Waals surface area contributed by atoms with E-state index in [-0.39, 0.29) is 5.91 Å². The lowest BCUT2D eigenvalue weighted by atomic mass is 10.2. The number of amides is 1. The van der Waals surface area contributed by atoms with Gasteiger partial charge in [-0.3, -0.25) is 4.79 Å². The maximum absolute atomic E-state index is 10.7. The normalized spacial score (nSPS) is 27.1. The van der Waals surface area contributed by atoms with Crippen molar-refractivity contribution in [1.29, 1.82) is 0 Å². The molecule has 0 saturated heterocycles. The summed E-state index contributed by atoms with van der Waals surface area (Å²) >= 11 is 0. The minimum absolute atomic E-state index is 0.225. The molecule has 50 valence electrons. The molecule has 0 saturated carbocycles. The third-order valence-corrected chi connectivity index (χ3v) is 1.32. The van der Waals surface area contributed by atoms with Gasteiger partial charge in [-0.2, -0.15) is 0 Å². The van der Waals surface area contributed by atoms with Gasteiger partial charge in [0.05, 0.1) is 0 Å². The summed E-state index contributed by atoms with van der Waals surface area (Å²) in [6, 6.07) is 0. The molecule has 1 N–H and O–H groups in total. The van der Waals surface area contributed by atoms with Crippen LogP contribution in [0.4, 0.5) is 0 Å². The Morgan fingerprint density at radius 3 is 3.00 bits per heavy atom. The van der Waals surface area contributed by atoms with Gasteiger partial charge in [0, 0.05) is 19.7 Å². The number of carbonyl (C=O) groups is 1. The van der Waals surface area contributed by atoms with E-state index in [4.69, 9.17) is 5.11 Å². The third-order valence-electron chi connectivity index (χ3n) is 1.32. The van der Waals surface area contributed by atoms with Crippen LogP contribution in [0.1, 0.15) is 6.42 Å². The Morgan fingerprint density at radius 1 is 1.89 bits per heavy atom. The van der Waals surface area contributed by atoms with Crippen LogP contribution < -0.4 is 0 Å². The summed E-state index contributed by atoms with van der Waals surface area (Å²) in [7, 11) is 1.63. The largest absolute Gasteiger partial charge is 0.383 e. The minimum Gasteiger partial charge on any atom is -0.383 e. The van der Waals surface area contributed by atoms with Crippen molar-refractivity contribution in [3.8, 4) is 0 Å². The highest BCUT2D eigenvalue weighted by Gasteiger charge is 2.19. The van der Waals surface area contributed by atoms with Crippen LogP contribution in [0.25, 0.3) is 0 Å². The second-order valence-corrected chi connectivity index (χ2v) is 2.09. The molecule has 0 spiro atoms. The lowest BCUT2D eigenvalue weighted by Crippen LogP contribution is -2.35. The quantitative estimate of drug-likeness (QED) is 0.486. The van der Waals surface area contributed by atoms with Crippen LogP contribution in [-0.4, -0.2) is 29.1 Å². The molecule has 3 heteroatoms. The number of nitrogens with zero attached hydrogens (tertiary/aromatic N) is 1. The van der Waals surface area contributed by atoms with Crippen LogP contribution in [0.15, 0.2) is 12.3 Å². The van der Waals surface area contributed by atoms with E-state index in [1.807, 2.05) is 0 Å². The van der Waals surface area contributed by atoms with Gasteiger partial charge in [0.2, 0.25) is 0 Å². The molecule has 1 aliphatic rings. The first-order valence-corrected chi connectivity index (χ1v) is 2.83. The SMILES string of the molecule is CN1C=CCC(O)C1=O. The fraction of sp³-hybridized carbons (Fsp3) is 0.500. The average Bonchev–Trinajstić information content (AvgIpc) is 1.83. The van der Waals surface area contributed by atoms with E-state index >= 15 is 0 Å². The topological polar surface area (TPSA) is 40.5 Å². The molecule has 1 amide bonds. The van der Waals surface area contributed by atoms with Gasteiger partial charge in [-0.1, -0.05) is 6.08 Å². The second kappa shape index (κ2) is 2.19. The summed E-state index contributed by atoms with van der Waals surface area (Å²) in [4.78, 5) is 12.1. The van der Waals surface area contributed by atoms with E-state index in [9.17, 15) is 4.79 Å². The monoisotopic (exact) mass is 127 g/mol. The zero-order valence-electron chi connectivity index (χ0n) is 5.24. The van der Waals surface area contributed by atoms with Gasteiger partial charge in [-0.05, 0) is 0 Å². The number of carbonyl (C=O) groups excluding carboxylic acids is 1. The second-order valence-electron chi connectivity index (χ2n) is 2.09. The predicted molar refractivity (Wildman–Crippen MR) is 32.5 cm³/mol. The van der Waals surface area contributed by atoms with Crippen molar-refractivity contribution in [2.24, 2.45) is 0 Å². The average molecular weight is 127 g/mol. The summed E-state index contributed by atoms with van der Waals surface area (Å²) < 4.78 is 0. The highest BCUT2D eigenvalue weighted by Crippen LogP contribution is 2.05. The van der Waals surface area contributed by atoms with E-state index in [1.165, 1.54) is 4.90 Å². The van der Waals surface area contributed by atoms with Crippen LogP contribution in [0.2, 0.25) is 0 Å². The predicted octanol–water partition coefficient (Wildman–Crippen LogP) is -0.277. The molecule has 0 radical (unpaired) electrons. The van der Waals surface area contributed by atoms with Crippen molar-refractivity contribution in [3.63, 3.8) is 0 Å². The van der Waals surface area contributed by atoms with Crippen LogP contribution in [0.5, 0.6) is 0 Å². The van der Waals surface area contributed by atoms with Crippen LogP contribution in [0.3, 0.4) is 0 Å². The first-order chi connectivity index (χ1) is 4.22. The van der Waals surface area contributed by atoms with Crippen molar-refractivity contribution in [2.45, 2.75) is 12.5 Å². The van der Waals surface area contributed by atoms with Gasteiger partial charge in [0.1, 0.15) is 6.10 Å². The molecule has 0 aromatic carbocycles. The Bertz CT molecular complexity index is 153. The van der Waals surface area contributed by atoms with Gasteiger partial charge >= 0.3 is 0 Å². The summed E-state index contributed by atoms with van der Waals surface area (Å²) in [6.45, 7) is 0. The van der Waals surface area contributed by atoms with Crippen molar-refractivity contribution >= 4 is 5.91 Å². The summed E-state index contributed by atoms with van der Waals surface area (Å²) in [5, 5.41) is 8.91. The van der Waals surface area contributed by atoms with E-state index < -0.39 is 6.10 Å². The number of aliphatic hydroxyl groups is 1. The van der Waals surface area contributed by atoms with Gasteiger partial charge < -0.3 is 10.0 Å². The number of hydrogen-bond acceptors (Lipinski definition) is 2. The van der Waals surface area contributed by atoms with Gasteiger partial charge in [0.25, 0.3) is 5.91 Å². The molecule has 1 rings (SSSR count). The summed E-state index contributed by atoms with van der Waals surface area (Å²) in [5.41, 5.74) is 0. The van der Waals surface area contributed by atoms with E-state index in [0.717, 1.165) is 0 Å². The lowest BCUT2D eigenvalue weighted by molar-refractivity contribution is -0.136. The molecule has 1 heterocycles. The molecule has 9 heavy (non-hydrogen) atoms. The lowest BCUT2D eigenvalue weighted by Gasteiger charge is -2.19. The highest BCUT2D eigenvalue weighted by atomic mass is 16.3. The first-order valence-electron chi connectivity index (χ1n) is 2.83. The first kappa shape index (κ1) is 6.29. The van der Waals surface area contributed by atoms with Crippen LogP contribution in [-0.2, 0) is 4.79 Å². The molecular weight excluding hydrogens is 118 g/mol. The number of likely N-dealkylation sites (N-methyl/N-ethyl adjacent to an activating group) is 1. The fourth-order valence-electron chi connectivity index (χ4n) is 0.757. The Hall–Kier alpha value is -0.830. The number of rotatable bonds is 0. The Balaban J connectivity index is 2.69. The Kier molecular flexibility index (Phi) is 1.53. The van der Waals surface area contributed by atoms with Crippen LogP contribution in [0, 0.1) is 0 Å². The highest BCUT2D eigenvalue weighted by molar-refractivity contribution is 5.82. The summed E-state index contributed by atoms with van der Waals surface area (Å²) in [6.07, 6.45) is 3.06. The molecule has 1 aliphatic heterocycles. The molecule has 3 nitrogen and oxygen atoms in total. The van der Waals surface area contributed by atoms with E-state index in [1.54, 1.807) is 19.3 Å². The van der Waals surface area contributed by atoms with Gasteiger partial charge in [-0.25, -0.2) is 0 Å². The molecule has 1 atom stereocenters. The summed E-state index contributed by atoms with van der Waals surface area (Å²) in [5.74, 6) is -0.225. The van der Waals surface area contributed by atoms with E-state index in [2.05, 4.69) is 0 Å². The zero-order valence-corrected chi connectivity index (χ0v) is 5.24. The fourth-order valence-corrected chi connectivity index (χ4v) is 0.757. The van der Waals surface area contributed by atoms with Gasteiger partial charge in [0.15, 0.2) is 0 Å². The van der Waals surface area contributed by atoms with Crippen molar-refractivity contribution < 1.29 is 9.90 Å². The number of hydrogen-bond donors (Lipinski definition) is 1. The maximum atomic E-state index is 10.7. The Morgan fingerprint density at radius 2 is 2.56 bits per heavy atom. The van der Waals surface area contributed by atoms with Crippen molar-refractivity contribution in [1.82, 2.24) is 4.90 Å². The van der Waals surface area contributed by atoms with Crippen molar-refractivity contribution in [3.05, 3.63) is 12.3 Å². The third kappa shape index (κ3) is 1.10. The standard InChI is InChI=1S/C6H9NO2/c1-7-4-2-3-5(8)6(7)9/h2,4-5,8H,3H2,1H3. The molecule has 0 aliphatic carbocycles. The van der Waals surface area contributed by atoms with Crippen molar-refractivity contribution in [2.75, 3.05) is 7.05 Å². The number of aliphatic hydroxyl groups excluding tert-OH is 1. The molecule has 0 bridgehead atoms. The molecule has 0 aromatic rings.